The Labute approximate surface area is 117 Å². The van der Waals surface area contributed by atoms with Crippen molar-refractivity contribution in [3.8, 4) is 0 Å². The summed E-state index contributed by atoms with van der Waals surface area (Å²) in [6, 6.07) is 9.45. The molecular formula is C14H18ClNO3. The lowest BCUT2D eigenvalue weighted by Gasteiger charge is -2.17. The van der Waals surface area contributed by atoms with Gasteiger partial charge in [0.1, 0.15) is 0 Å². The fourth-order valence-corrected chi connectivity index (χ4v) is 2.10. The Balaban J connectivity index is 2.65. The molecule has 1 aromatic carbocycles. The third-order valence-electron chi connectivity index (χ3n) is 2.69. The molecule has 0 heterocycles. The van der Waals surface area contributed by atoms with Crippen molar-refractivity contribution in [2.24, 2.45) is 5.73 Å². The maximum Gasteiger partial charge on any atom is 0.405 e. The Hall–Kier alpha value is -1.55. The number of halogens is 1. The second kappa shape index (κ2) is 7.79. The number of benzene rings is 1. The van der Waals surface area contributed by atoms with E-state index in [9.17, 15) is 9.59 Å². The van der Waals surface area contributed by atoms with Gasteiger partial charge in [-0.15, -0.1) is 11.6 Å². The van der Waals surface area contributed by atoms with Gasteiger partial charge in [-0.1, -0.05) is 43.7 Å². The average molecular weight is 284 g/mol. The molecule has 2 unspecified atom stereocenters. The van der Waals surface area contributed by atoms with Crippen molar-refractivity contribution in [3.05, 3.63) is 35.9 Å². The minimum atomic E-state index is -0.949. The van der Waals surface area contributed by atoms with Crippen LogP contribution in [0.25, 0.3) is 0 Å². The topological polar surface area (TPSA) is 69.4 Å². The van der Waals surface area contributed by atoms with Crippen molar-refractivity contribution in [2.75, 3.05) is 0 Å². The molecule has 0 saturated heterocycles. The zero-order valence-corrected chi connectivity index (χ0v) is 11.6. The molecule has 2 atom stereocenters. The number of alkyl halides is 1. The van der Waals surface area contributed by atoms with E-state index in [1.807, 2.05) is 37.3 Å². The van der Waals surface area contributed by atoms with Crippen molar-refractivity contribution < 1.29 is 14.3 Å². The normalized spacial score (nSPS) is 13.6. The lowest BCUT2D eigenvalue weighted by Crippen LogP contribution is -2.35. The summed E-state index contributed by atoms with van der Waals surface area (Å²) in [6.07, 6.45) is -0.258. The number of ether oxygens (including phenoxy) is 1. The number of amides is 1. The zero-order chi connectivity index (χ0) is 14.3. The monoisotopic (exact) mass is 283 g/mol. The third kappa shape index (κ3) is 5.30. The summed E-state index contributed by atoms with van der Waals surface area (Å²) in [4.78, 5) is 22.9. The minimum Gasteiger partial charge on any atom is -0.438 e. The van der Waals surface area contributed by atoms with Crippen LogP contribution in [0.3, 0.4) is 0 Å². The number of carbonyl (C=O) groups excluding carboxylic acids is 2. The molecule has 1 rings (SSSR count). The van der Waals surface area contributed by atoms with Gasteiger partial charge in [-0.05, 0) is 18.4 Å². The van der Waals surface area contributed by atoms with Crippen LogP contribution in [-0.2, 0) is 16.0 Å². The average Bonchev–Trinajstić information content (AvgIpc) is 2.38. The molecule has 0 aliphatic carbocycles. The molecule has 0 saturated carbocycles. The van der Waals surface area contributed by atoms with E-state index in [2.05, 4.69) is 0 Å². The second-order valence-electron chi connectivity index (χ2n) is 4.27. The van der Waals surface area contributed by atoms with E-state index in [1.165, 1.54) is 0 Å². The molecule has 19 heavy (non-hydrogen) atoms. The highest BCUT2D eigenvalue weighted by Crippen LogP contribution is 2.15. The summed E-state index contributed by atoms with van der Waals surface area (Å²) in [5.41, 5.74) is 5.92. The van der Waals surface area contributed by atoms with Crippen LogP contribution in [0.2, 0.25) is 0 Å². The SMILES string of the molecule is CCCC(OC(N)=O)C(=O)C(Cl)Cc1ccccc1. The number of rotatable bonds is 7. The van der Waals surface area contributed by atoms with E-state index in [0.717, 1.165) is 5.56 Å². The molecule has 0 bridgehead atoms. The fraction of sp³-hybridized carbons (Fsp3) is 0.429. The first-order valence-electron chi connectivity index (χ1n) is 6.22. The predicted molar refractivity (Wildman–Crippen MR) is 74.2 cm³/mol. The zero-order valence-electron chi connectivity index (χ0n) is 10.8. The Kier molecular flexibility index (Phi) is 6.36. The van der Waals surface area contributed by atoms with E-state index in [0.29, 0.717) is 19.3 Å². The van der Waals surface area contributed by atoms with Crippen LogP contribution < -0.4 is 5.73 Å². The first-order valence-corrected chi connectivity index (χ1v) is 6.66. The van der Waals surface area contributed by atoms with Gasteiger partial charge in [0.05, 0.1) is 5.38 Å². The van der Waals surface area contributed by atoms with Gasteiger partial charge in [-0.25, -0.2) is 4.79 Å². The predicted octanol–water partition coefficient (Wildman–Crippen LogP) is 2.67. The van der Waals surface area contributed by atoms with Crippen molar-refractivity contribution in [1.29, 1.82) is 0 Å². The largest absolute Gasteiger partial charge is 0.438 e. The van der Waals surface area contributed by atoms with Gasteiger partial charge >= 0.3 is 6.09 Å². The molecule has 0 spiro atoms. The lowest BCUT2D eigenvalue weighted by atomic mass is 10.0. The lowest BCUT2D eigenvalue weighted by molar-refractivity contribution is -0.127. The Morgan fingerprint density at radius 2 is 1.95 bits per heavy atom. The smallest absolute Gasteiger partial charge is 0.405 e. The number of hydrogen-bond acceptors (Lipinski definition) is 3. The molecule has 0 aromatic heterocycles. The number of primary amides is 1. The summed E-state index contributed by atoms with van der Waals surface area (Å²) in [7, 11) is 0. The Morgan fingerprint density at radius 1 is 1.32 bits per heavy atom. The van der Waals surface area contributed by atoms with E-state index >= 15 is 0 Å². The molecule has 1 amide bonds. The van der Waals surface area contributed by atoms with Crippen LogP contribution in [0.5, 0.6) is 0 Å². The van der Waals surface area contributed by atoms with E-state index < -0.39 is 17.6 Å². The van der Waals surface area contributed by atoms with Gasteiger partial charge < -0.3 is 10.5 Å². The maximum absolute atomic E-state index is 12.1. The van der Waals surface area contributed by atoms with Gasteiger partial charge in [0.15, 0.2) is 11.9 Å². The number of carbonyl (C=O) groups is 2. The first-order chi connectivity index (χ1) is 9.04. The highest BCUT2D eigenvalue weighted by atomic mass is 35.5. The van der Waals surface area contributed by atoms with Gasteiger partial charge in [-0.3, -0.25) is 4.79 Å². The van der Waals surface area contributed by atoms with Crippen LogP contribution in [0.15, 0.2) is 30.3 Å². The van der Waals surface area contributed by atoms with Crippen molar-refractivity contribution in [1.82, 2.24) is 0 Å². The highest BCUT2D eigenvalue weighted by Gasteiger charge is 2.27. The van der Waals surface area contributed by atoms with Gasteiger partial charge in [0.25, 0.3) is 0 Å². The van der Waals surface area contributed by atoms with E-state index in [1.54, 1.807) is 0 Å². The molecule has 5 heteroatoms. The number of hydrogen-bond donors (Lipinski definition) is 1. The van der Waals surface area contributed by atoms with Crippen LogP contribution in [-0.4, -0.2) is 23.4 Å². The maximum atomic E-state index is 12.1. The summed E-state index contributed by atoms with van der Waals surface area (Å²) in [6.45, 7) is 1.89. The van der Waals surface area contributed by atoms with Crippen LogP contribution >= 0.6 is 11.6 Å². The fourth-order valence-electron chi connectivity index (χ4n) is 1.78. The Morgan fingerprint density at radius 3 is 2.47 bits per heavy atom. The summed E-state index contributed by atoms with van der Waals surface area (Å²) in [5, 5.41) is -0.724. The number of ketones is 1. The third-order valence-corrected chi connectivity index (χ3v) is 3.06. The van der Waals surface area contributed by atoms with Crippen LogP contribution in [0.4, 0.5) is 4.79 Å². The Bertz CT molecular complexity index is 422. The standard InChI is InChI=1S/C14H18ClNO3/c1-2-6-12(19-14(16)18)13(17)11(15)9-10-7-4-3-5-8-10/h3-5,7-8,11-12H,2,6,9H2,1H3,(H2,16,18). The number of nitrogens with two attached hydrogens (primary N) is 1. The first kappa shape index (κ1) is 15.5. The van der Waals surface area contributed by atoms with Crippen molar-refractivity contribution in [3.63, 3.8) is 0 Å². The van der Waals surface area contributed by atoms with Gasteiger partial charge in [0.2, 0.25) is 0 Å². The quantitative estimate of drug-likeness (QED) is 0.782. The molecule has 0 fully saturated rings. The molecular weight excluding hydrogens is 266 g/mol. The van der Waals surface area contributed by atoms with Gasteiger partial charge in [0, 0.05) is 0 Å². The summed E-state index contributed by atoms with van der Waals surface area (Å²) >= 11 is 6.10. The summed E-state index contributed by atoms with van der Waals surface area (Å²) in [5.74, 6) is -0.300. The van der Waals surface area contributed by atoms with Crippen molar-refractivity contribution >= 4 is 23.5 Å². The minimum absolute atomic E-state index is 0.300. The number of Topliss-reactive ketones (excluding diaryl/α,β-unsaturated/α-hetero) is 1. The van der Waals surface area contributed by atoms with Crippen molar-refractivity contribution in [2.45, 2.75) is 37.7 Å². The van der Waals surface area contributed by atoms with Crippen LogP contribution in [0, 0.1) is 0 Å². The second-order valence-corrected chi connectivity index (χ2v) is 4.80. The molecule has 0 radical (unpaired) electrons. The molecule has 1 aromatic rings. The molecule has 2 N–H and O–H groups in total. The van der Waals surface area contributed by atoms with E-state index in [-0.39, 0.29) is 5.78 Å². The highest BCUT2D eigenvalue weighted by molar-refractivity contribution is 6.31. The molecule has 4 nitrogen and oxygen atoms in total. The molecule has 0 aliphatic heterocycles. The van der Waals surface area contributed by atoms with E-state index in [4.69, 9.17) is 22.1 Å². The summed E-state index contributed by atoms with van der Waals surface area (Å²) < 4.78 is 4.82. The molecule has 104 valence electrons. The molecule has 0 aliphatic rings. The van der Waals surface area contributed by atoms with Crippen LogP contribution in [0.1, 0.15) is 25.3 Å². The van der Waals surface area contributed by atoms with Gasteiger partial charge in [-0.2, -0.15) is 0 Å².